The topological polar surface area (TPSA) is 81.5 Å². The summed E-state index contributed by atoms with van der Waals surface area (Å²) < 4.78 is 4.93. The van der Waals surface area contributed by atoms with Gasteiger partial charge in [-0.3, -0.25) is 14.9 Å². The van der Waals surface area contributed by atoms with Crippen LogP contribution in [0.2, 0.25) is 0 Å². The number of amides is 1. The van der Waals surface area contributed by atoms with E-state index in [2.05, 4.69) is 5.32 Å². The molecule has 3 rings (SSSR count). The van der Waals surface area contributed by atoms with Crippen LogP contribution in [0.1, 0.15) is 10.4 Å². The zero-order chi connectivity index (χ0) is 17.1. The van der Waals surface area contributed by atoms with Crippen LogP contribution in [0.25, 0.3) is 10.8 Å². The number of ether oxygens (including phenoxy) is 1. The summed E-state index contributed by atoms with van der Waals surface area (Å²) in [5.41, 5.74) is 0.566. The highest BCUT2D eigenvalue weighted by Gasteiger charge is 2.18. The summed E-state index contributed by atoms with van der Waals surface area (Å²) in [7, 11) is 1.34. The molecule has 0 spiro atoms. The molecular weight excluding hydrogens is 308 g/mol. The van der Waals surface area contributed by atoms with Crippen LogP contribution in [-0.4, -0.2) is 17.9 Å². The van der Waals surface area contributed by atoms with Crippen molar-refractivity contribution in [3.05, 3.63) is 76.3 Å². The van der Waals surface area contributed by atoms with E-state index in [0.717, 1.165) is 10.8 Å². The van der Waals surface area contributed by atoms with Crippen LogP contribution in [0.4, 0.5) is 11.4 Å². The number of nitro benzene ring substituents is 1. The molecule has 6 heteroatoms. The third-order valence-electron chi connectivity index (χ3n) is 3.65. The van der Waals surface area contributed by atoms with Gasteiger partial charge in [-0.1, -0.05) is 30.3 Å². The second kappa shape index (κ2) is 6.37. The van der Waals surface area contributed by atoms with Crippen molar-refractivity contribution >= 4 is 28.1 Å². The Morgan fingerprint density at radius 1 is 1.04 bits per heavy atom. The molecule has 0 unspecified atom stereocenters. The van der Waals surface area contributed by atoms with Crippen LogP contribution in [0.15, 0.2) is 60.7 Å². The molecule has 6 nitrogen and oxygen atoms in total. The molecule has 0 bridgehead atoms. The molecule has 0 atom stereocenters. The van der Waals surface area contributed by atoms with Crippen molar-refractivity contribution in [1.29, 1.82) is 0 Å². The lowest BCUT2D eigenvalue weighted by Gasteiger charge is -2.08. The largest absolute Gasteiger partial charge is 0.490 e. The van der Waals surface area contributed by atoms with E-state index < -0.39 is 10.8 Å². The normalized spacial score (nSPS) is 10.4. The maximum Gasteiger partial charge on any atom is 0.311 e. The molecule has 0 heterocycles. The number of methoxy groups -OCH3 is 1. The quantitative estimate of drug-likeness (QED) is 0.581. The Labute approximate surface area is 137 Å². The van der Waals surface area contributed by atoms with Crippen molar-refractivity contribution in [1.82, 2.24) is 0 Å². The van der Waals surface area contributed by atoms with Crippen molar-refractivity contribution in [2.75, 3.05) is 12.4 Å². The van der Waals surface area contributed by atoms with Gasteiger partial charge in [-0.05, 0) is 35.0 Å². The summed E-state index contributed by atoms with van der Waals surface area (Å²) >= 11 is 0. The molecule has 0 saturated heterocycles. The summed E-state index contributed by atoms with van der Waals surface area (Å²) in [6.45, 7) is 0. The van der Waals surface area contributed by atoms with Crippen molar-refractivity contribution < 1.29 is 14.5 Å². The number of hydrogen-bond donors (Lipinski definition) is 1. The van der Waals surface area contributed by atoms with Gasteiger partial charge in [0.15, 0.2) is 5.75 Å². The number of nitrogens with one attached hydrogen (secondary N) is 1. The summed E-state index contributed by atoms with van der Waals surface area (Å²) in [6, 6.07) is 17.4. The molecule has 0 saturated carbocycles. The number of carbonyl (C=O) groups is 1. The molecule has 0 radical (unpaired) electrons. The molecule has 0 aliphatic carbocycles. The average molecular weight is 322 g/mol. The van der Waals surface area contributed by atoms with Gasteiger partial charge < -0.3 is 10.1 Å². The zero-order valence-corrected chi connectivity index (χ0v) is 12.9. The molecule has 1 amide bonds. The lowest BCUT2D eigenvalue weighted by molar-refractivity contribution is -0.385. The number of benzene rings is 3. The van der Waals surface area contributed by atoms with Gasteiger partial charge in [0.2, 0.25) is 0 Å². The molecular formula is C18H14N2O4. The molecule has 0 fully saturated rings. The summed E-state index contributed by atoms with van der Waals surface area (Å²) in [4.78, 5) is 22.8. The van der Waals surface area contributed by atoms with E-state index in [1.807, 2.05) is 36.4 Å². The van der Waals surface area contributed by atoms with Gasteiger partial charge in [0.1, 0.15) is 0 Å². The van der Waals surface area contributed by atoms with Gasteiger partial charge in [0.25, 0.3) is 5.91 Å². The lowest BCUT2D eigenvalue weighted by Crippen LogP contribution is -2.12. The Morgan fingerprint density at radius 2 is 1.79 bits per heavy atom. The SMILES string of the molecule is COc1ccc(C(=O)Nc2ccc3ccccc3c2)cc1[N+](=O)[O-]. The predicted molar refractivity (Wildman–Crippen MR) is 91.5 cm³/mol. The first-order valence-corrected chi connectivity index (χ1v) is 7.21. The number of nitrogens with zero attached hydrogens (tertiary/aromatic N) is 1. The highest BCUT2D eigenvalue weighted by atomic mass is 16.6. The Balaban J connectivity index is 1.88. The molecule has 0 aliphatic heterocycles. The molecule has 24 heavy (non-hydrogen) atoms. The van der Waals surface area contributed by atoms with E-state index in [-0.39, 0.29) is 17.0 Å². The number of anilines is 1. The van der Waals surface area contributed by atoms with Crippen LogP contribution in [0.5, 0.6) is 5.75 Å². The van der Waals surface area contributed by atoms with Crippen LogP contribution in [0, 0.1) is 10.1 Å². The number of nitro groups is 1. The van der Waals surface area contributed by atoms with Crippen molar-refractivity contribution in [3.63, 3.8) is 0 Å². The Bertz CT molecular complexity index is 937. The zero-order valence-electron chi connectivity index (χ0n) is 12.9. The minimum absolute atomic E-state index is 0.113. The molecule has 3 aromatic rings. The van der Waals surface area contributed by atoms with Crippen LogP contribution < -0.4 is 10.1 Å². The van der Waals surface area contributed by atoms with Crippen molar-refractivity contribution in [3.8, 4) is 5.75 Å². The lowest BCUT2D eigenvalue weighted by atomic mass is 10.1. The summed E-state index contributed by atoms with van der Waals surface area (Å²) in [5, 5.41) is 15.9. The van der Waals surface area contributed by atoms with Gasteiger partial charge in [0, 0.05) is 17.3 Å². The van der Waals surface area contributed by atoms with Crippen molar-refractivity contribution in [2.45, 2.75) is 0 Å². The van der Waals surface area contributed by atoms with E-state index in [9.17, 15) is 14.9 Å². The fourth-order valence-corrected chi connectivity index (χ4v) is 2.44. The van der Waals surface area contributed by atoms with Gasteiger partial charge in [0.05, 0.1) is 12.0 Å². The first kappa shape index (κ1) is 15.5. The number of carbonyl (C=O) groups excluding carboxylic acids is 1. The van der Waals surface area contributed by atoms with E-state index >= 15 is 0 Å². The van der Waals surface area contributed by atoms with E-state index in [1.165, 1.54) is 25.3 Å². The van der Waals surface area contributed by atoms with E-state index in [0.29, 0.717) is 5.69 Å². The highest BCUT2D eigenvalue weighted by Crippen LogP contribution is 2.28. The second-order valence-corrected chi connectivity index (χ2v) is 5.16. The van der Waals surface area contributed by atoms with Gasteiger partial charge in [-0.25, -0.2) is 0 Å². The van der Waals surface area contributed by atoms with Gasteiger partial charge in [-0.15, -0.1) is 0 Å². The minimum atomic E-state index is -0.578. The third-order valence-corrected chi connectivity index (χ3v) is 3.65. The number of fused-ring (bicyclic) bond motifs is 1. The van der Waals surface area contributed by atoms with Crippen LogP contribution in [0.3, 0.4) is 0 Å². The smallest absolute Gasteiger partial charge is 0.311 e. The minimum Gasteiger partial charge on any atom is -0.490 e. The number of rotatable bonds is 4. The fraction of sp³-hybridized carbons (Fsp3) is 0.0556. The highest BCUT2D eigenvalue weighted by molar-refractivity contribution is 6.05. The molecule has 1 N–H and O–H groups in total. The average Bonchev–Trinajstić information content (AvgIpc) is 2.61. The Kier molecular flexibility index (Phi) is 4.11. The van der Waals surface area contributed by atoms with Gasteiger partial charge in [-0.2, -0.15) is 0 Å². The predicted octanol–water partition coefficient (Wildman–Crippen LogP) is 4.01. The fourth-order valence-electron chi connectivity index (χ4n) is 2.44. The number of hydrogen-bond acceptors (Lipinski definition) is 4. The Morgan fingerprint density at radius 3 is 2.50 bits per heavy atom. The summed E-state index contributed by atoms with van der Waals surface area (Å²) in [6.07, 6.45) is 0. The van der Waals surface area contributed by atoms with Crippen molar-refractivity contribution in [2.24, 2.45) is 0 Å². The maximum absolute atomic E-state index is 12.4. The van der Waals surface area contributed by atoms with Crippen LogP contribution in [-0.2, 0) is 0 Å². The van der Waals surface area contributed by atoms with Gasteiger partial charge >= 0.3 is 5.69 Å². The maximum atomic E-state index is 12.4. The first-order valence-electron chi connectivity index (χ1n) is 7.21. The van der Waals surface area contributed by atoms with E-state index in [1.54, 1.807) is 6.07 Å². The van der Waals surface area contributed by atoms with Crippen LogP contribution >= 0.6 is 0 Å². The first-order chi connectivity index (χ1) is 11.6. The van der Waals surface area contributed by atoms with E-state index in [4.69, 9.17) is 4.74 Å². The second-order valence-electron chi connectivity index (χ2n) is 5.16. The molecule has 0 aromatic heterocycles. The molecule has 0 aliphatic rings. The standard InChI is InChI=1S/C18H14N2O4/c1-24-17-9-7-14(11-16(17)20(22)23)18(21)19-15-8-6-12-4-2-3-5-13(12)10-15/h2-11H,1H3,(H,19,21). The third kappa shape index (κ3) is 3.03. The molecule has 3 aromatic carbocycles. The summed E-state index contributed by atoms with van der Waals surface area (Å²) in [5.74, 6) is -0.307. The monoisotopic (exact) mass is 322 g/mol. The Hall–Kier alpha value is -3.41. The molecule has 120 valence electrons.